The van der Waals surface area contributed by atoms with E-state index >= 15 is 0 Å². The monoisotopic (exact) mass is 237 g/mol. The van der Waals surface area contributed by atoms with E-state index in [0.29, 0.717) is 13.0 Å². The van der Waals surface area contributed by atoms with Crippen LogP contribution >= 0.6 is 0 Å². The van der Waals surface area contributed by atoms with Crippen molar-refractivity contribution in [2.75, 3.05) is 18.5 Å². The largest absolute Gasteiger partial charge is 0.481 e. The number of anilines is 1. The standard InChI is InChI=1S/C13H19NO3/c1-13(2,12(16)17)10-6-3-4-7-11(10)14-8-5-9-15/h3-4,6-7,14-15H,5,8-9H2,1-2H3,(H,16,17). The van der Waals surface area contributed by atoms with Gasteiger partial charge in [0.1, 0.15) is 0 Å². The van der Waals surface area contributed by atoms with E-state index in [1.54, 1.807) is 13.8 Å². The highest BCUT2D eigenvalue weighted by molar-refractivity contribution is 5.83. The second-order valence-corrected chi connectivity index (χ2v) is 4.48. The SMILES string of the molecule is CC(C)(C(=O)O)c1ccccc1NCCCO. The molecule has 17 heavy (non-hydrogen) atoms. The van der Waals surface area contributed by atoms with Crippen molar-refractivity contribution in [3.63, 3.8) is 0 Å². The zero-order valence-corrected chi connectivity index (χ0v) is 10.2. The second-order valence-electron chi connectivity index (χ2n) is 4.48. The first-order valence-corrected chi connectivity index (χ1v) is 5.67. The van der Waals surface area contributed by atoms with Crippen LogP contribution in [0, 0.1) is 0 Å². The quantitative estimate of drug-likeness (QED) is 0.660. The summed E-state index contributed by atoms with van der Waals surface area (Å²) < 4.78 is 0. The molecule has 1 aromatic rings. The van der Waals surface area contributed by atoms with Crippen molar-refractivity contribution < 1.29 is 15.0 Å². The molecule has 0 spiro atoms. The number of benzene rings is 1. The summed E-state index contributed by atoms with van der Waals surface area (Å²) in [6.07, 6.45) is 0.641. The van der Waals surface area contributed by atoms with Crippen molar-refractivity contribution in [3.8, 4) is 0 Å². The molecule has 0 bridgehead atoms. The Morgan fingerprint density at radius 1 is 1.35 bits per heavy atom. The van der Waals surface area contributed by atoms with E-state index in [9.17, 15) is 9.90 Å². The van der Waals surface area contributed by atoms with E-state index in [1.807, 2.05) is 24.3 Å². The van der Waals surface area contributed by atoms with Gasteiger partial charge in [0, 0.05) is 18.8 Å². The van der Waals surface area contributed by atoms with Crippen LogP contribution in [0.2, 0.25) is 0 Å². The van der Waals surface area contributed by atoms with Crippen LogP contribution in [-0.2, 0) is 10.2 Å². The number of aliphatic hydroxyl groups excluding tert-OH is 1. The van der Waals surface area contributed by atoms with Crippen LogP contribution in [0.25, 0.3) is 0 Å². The number of para-hydroxylation sites is 1. The van der Waals surface area contributed by atoms with Crippen LogP contribution in [0.1, 0.15) is 25.8 Å². The van der Waals surface area contributed by atoms with Crippen molar-refractivity contribution in [2.45, 2.75) is 25.7 Å². The highest BCUT2D eigenvalue weighted by atomic mass is 16.4. The van der Waals surface area contributed by atoms with Crippen LogP contribution in [0.15, 0.2) is 24.3 Å². The summed E-state index contributed by atoms with van der Waals surface area (Å²) in [4.78, 5) is 11.2. The second kappa shape index (κ2) is 5.68. The number of rotatable bonds is 6. The minimum absolute atomic E-state index is 0.123. The van der Waals surface area contributed by atoms with E-state index in [-0.39, 0.29) is 6.61 Å². The van der Waals surface area contributed by atoms with Gasteiger partial charge in [-0.2, -0.15) is 0 Å². The van der Waals surface area contributed by atoms with Crippen molar-refractivity contribution in [1.82, 2.24) is 0 Å². The average molecular weight is 237 g/mol. The molecule has 0 aliphatic carbocycles. The van der Waals surface area contributed by atoms with Crippen LogP contribution in [0.4, 0.5) is 5.69 Å². The molecule has 0 fully saturated rings. The molecule has 0 aliphatic heterocycles. The van der Waals surface area contributed by atoms with Crippen molar-refractivity contribution >= 4 is 11.7 Å². The fourth-order valence-corrected chi connectivity index (χ4v) is 1.60. The van der Waals surface area contributed by atoms with Gasteiger partial charge < -0.3 is 15.5 Å². The van der Waals surface area contributed by atoms with Crippen LogP contribution in [0.3, 0.4) is 0 Å². The number of aliphatic hydroxyl groups is 1. The molecule has 0 saturated heterocycles. The lowest BCUT2D eigenvalue weighted by atomic mass is 9.83. The van der Waals surface area contributed by atoms with E-state index in [1.165, 1.54) is 0 Å². The summed E-state index contributed by atoms with van der Waals surface area (Å²) in [5.41, 5.74) is 0.641. The Bertz CT molecular complexity index is 388. The van der Waals surface area contributed by atoms with Gasteiger partial charge in [-0.1, -0.05) is 18.2 Å². The van der Waals surface area contributed by atoms with Gasteiger partial charge in [0.15, 0.2) is 0 Å². The first kappa shape index (κ1) is 13.5. The number of nitrogens with one attached hydrogen (secondary N) is 1. The minimum atomic E-state index is -0.928. The third-order valence-electron chi connectivity index (χ3n) is 2.79. The summed E-state index contributed by atoms with van der Waals surface area (Å²) in [5, 5.41) is 21.1. The maximum atomic E-state index is 11.2. The Morgan fingerprint density at radius 2 is 2.00 bits per heavy atom. The van der Waals surface area contributed by atoms with Gasteiger partial charge in [-0.15, -0.1) is 0 Å². The number of hydrogen-bond donors (Lipinski definition) is 3. The summed E-state index contributed by atoms with van der Waals surface area (Å²) in [7, 11) is 0. The summed E-state index contributed by atoms with van der Waals surface area (Å²) in [6, 6.07) is 7.37. The first-order valence-electron chi connectivity index (χ1n) is 5.67. The fourth-order valence-electron chi connectivity index (χ4n) is 1.60. The van der Waals surface area contributed by atoms with Gasteiger partial charge in [-0.25, -0.2) is 0 Å². The zero-order chi connectivity index (χ0) is 12.9. The Labute approximate surface area is 101 Å². The maximum absolute atomic E-state index is 11.2. The van der Waals surface area contributed by atoms with Crippen molar-refractivity contribution in [3.05, 3.63) is 29.8 Å². The molecule has 1 rings (SSSR count). The molecule has 0 saturated carbocycles. The molecule has 4 heteroatoms. The van der Waals surface area contributed by atoms with Crippen LogP contribution in [0.5, 0.6) is 0 Å². The van der Waals surface area contributed by atoms with Crippen molar-refractivity contribution in [1.29, 1.82) is 0 Å². The first-order chi connectivity index (χ1) is 8.00. The lowest BCUT2D eigenvalue weighted by molar-refractivity contribution is -0.142. The van der Waals surface area contributed by atoms with E-state index < -0.39 is 11.4 Å². The zero-order valence-electron chi connectivity index (χ0n) is 10.2. The lowest BCUT2D eigenvalue weighted by Crippen LogP contribution is -2.29. The Kier molecular flexibility index (Phi) is 4.52. The van der Waals surface area contributed by atoms with Crippen LogP contribution < -0.4 is 5.32 Å². The topological polar surface area (TPSA) is 69.6 Å². The normalized spacial score (nSPS) is 11.2. The Hall–Kier alpha value is -1.55. The van der Waals surface area contributed by atoms with E-state index in [4.69, 9.17) is 5.11 Å². The average Bonchev–Trinajstić information content (AvgIpc) is 2.29. The third kappa shape index (κ3) is 3.20. The van der Waals surface area contributed by atoms with Crippen LogP contribution in [-0.4, -0.2) is 29.3 Å². The maximum Gasteiger partial charge on any atom is 0.313 e. The molecule has 4 nitrogen and oxygen atoms in total. The molecule has 1 aromatic carbocycles. The fraction of sp³-hybridized carbons (Fsp3) is 0.462. The van der Waals surface area contributed by atoms with E-state index in [2.05, 4.69) is 5.32 Å². The molecule has 0 unspecified atom stereocenters. The molecule has 0 amide bonds. The van der Waals surface area contributed by atoms with Crippen molar-refractivity contribution in [2.24, 2.45) is 0 Å². The smallest absolute Gasteiger partial charge is 0.313 e. The molecule has 0 aromatic heterocycles. The summed E-state index contributed by atoms with van der Waals surface area (Å²) in [6.45, 7) is 4.12. The Morgan fingerprint density at radius 3 is 2.59 bits per heavy atom. The predicted octanol–water partition coefficient (Wildman–Crippen LogP) is 1.84. The lowest BCUT2D eigenvalue weighted by Gasteiger charge is -2.23. The molecule has 3 N–H and O–H groups in total. The van der Waals surface area contributed by atoms with Gasteiger partial charge in [0.05, 0.1) is 5.41 Å². The van der Waals surface area contributed by atoms with Gasteiger partial charge in [0.2, 0.25) is 0 Å². The predicted molar refractivity (Wildman–Crippen MR) is 67.3 cm³/mol. The minimum Gasteiger partial charge on any atom is -0.481 e. The van der Waals surface area contributed by atoms with E-state index in [0.717, 1.165) is 11.3 Å². The number of carboxylic acid groups (broad SMARTS) is 1. The molecule has 0 atom stereocenters. The van der Waals surface area contributed by atoms with Gasteiger partial charge in [-0.05, 0) is 31.9 Å². The van der Waals surface area contributed by atoms with Gasteiger partial charge >= 0.3 is 5.97 Å². The molecular formula is C13H19NO3. The summed E-state index contributed by atoms with van der Waals surface area (Å²) in [5.74, 6) is -0.853. The number of aliphatic carboxylic acids is 1. The van der Waals surface area contributed by atoms with Gasteiger partial charge in [-0.3, -0.25) is 4.79 Å². The molecular weight excluding hydrogens is 218 g/mol. The molecule has 0 radical (unpaired) electrons. The molecule has 94 valence electrons. The molecule has 0 aliphatic rings. The number of carbonyl (C=O) groups is 1. The highest BCUT2D eigenvalue weighted by Gasteiger charge is 2.31. The summed E-state index contributed by atoms with van der Waals surface area (Å²) >= 11 is 0. The highest BCUT2D eigenvalue weighted by Crippen LogP contribution is 2.30. The van der Waals surface area contributed by atoms with Gasteiger partial charge in [0.25, 0.3) is 0 Å². The Balaban J connectivity index is 2.95. The molecule has 0 heterocycles. The third-order valence-corrected chi connectivity index (χ3v) is 2.79. The number of hydrogen-bond acceptors (Lipinski definition) is 3. The number of carboxylic acids is 1.